The van der Waals surface area contributed by atoms with E-state index in [1.165, 1.54) is 6.42 Å². The number of Topliss-reactive ketones (excluding diaryl/α,β-unsaturated/α-hetero) is 1. The molecule has 1 radical (unpaired) electrons. The van der Waals surface area contributed by atoms with E-state index < -0.39 is 11.8 Å². The van der Waals surface area contributed by atoms with Gasteiger partial charge < -0.3 is 5.11 Å². The Balaban J connectivity index is 3.49. The Hall–Kier alpha value is -0.860. The van der Waals surface area contributed by atoms with Crippen LogP contribution in [0, 0.1) is 6.42 Å². The van der Waals surface area contributed by atoms with Crippen molar-refractivity contribution >= 4 is 11.8 Å². The lowest BCUT2D eigenvalue weighted by atomic mass is 10.2. The molecular formula is C5H7O3. The third-order valence-electron chi connectivity index (χ3n) is 0.628. The van der Waals surface area contributed by atoms with Crippen LogP contribution in [0.15, 0.2) is 0 Å². The van der Waals surface area contributed by atoms with Gasteiger partial charge in [0.15, 0.2) is 0 Å². The van der Waals surface area contributed by atoms with Gasteiger partial charge in [-0.25, -0.2) is 4.79 Å². The average molecular weight is 115 g/mol. The molecule has 0 rings (SSSR count). The lowest BCUT2D eigenvalue weighted by molar-refractivity contribution is -0.148. The predicted octanol–water partition coefficient (Wildman–Crippen LogP) is 0.254. The molecule has 0 aromatic heterocycles. The largest absolute Gasteiger partial charge is 0.476 e. The van der Waals surface area contributed by atoms with Crippen LogP contribution in [0.4, 0.5) is 0 Å². The zero-order chi connectivity index (χ0) is 6.57. The van der Waals surface area contributed by atoms with Crippen LogP contribution in [0.3, 0.4) is 0 Å². The Morgan fingerprint density at radius 3 is 2.25 bits per heavy atom. The molecule has 0 spiro atoms. The Bertz CT molecular complexity index is 106. The number of hydrogen-bond donors (Lipinski definition) is 1. The number of carbonyl (C=O) groups excluding carboxylic acids is 1. The standard InChI is InChI=1S/C5H7O3/c1-2-3-4(6)5(7)8/h2H,3H2,1H3,(H,7,8). The summed E-state index contributed by atoms with van der Waals surface area (Å²) in [6.45, 7) is 1.64. The van der Waals surface area contributed by atoms with Crippen molar-refractivity contribution in [1.29, 1.82) is 0 Å². The maximum atomic E-state index is 10.1. The van der Waals surface area contributed by atoms with Crippen molar-refractivity contribution in [3.63, 3.8) is 0 Å². The minimum absolute atomic E-state index is 0.0231. The van der Waals surface area contributed by atoms with Gasteiger partial charge in [-0.05, 0) is 6.42 Å². The summed E-state index contributed by atoms with van der Waals surface area (Å²) in [5, 5.41) is 7.94. The number of ketones is 1. The number of hydrogen-bond acceptors (Lipinski definition) is 2. The van der Waals surface area contributed by atoms with Gasteiger partial charge in [0.2, 0.25) is 5.78 Å². The molecule has 0 aliphatic heterocycles. The molecule has 0 atom stereocenters. The van der Waals surface area contributed by atoms with E-state index >= 15 is 0 Å². The van der Waals surface area contributed by atoms with E-state index in [0.29, 0.717) is 0 Å². The second-order valence-electron chi connectivity index (χ2n) is 1.34. The average Bonchev–Trinajstić information content (AvgIpc) is 1.67. The fraction of sp³-hybridized carbons (Fsp3) is 0.400. The molecule has 0 saturated carbocycles. The first kappa shape index (κ1) is 7.14. The highest BCUT2D eigenvalue weighted by molar-refractivity contribution is 6.32. The third-order valence-corrected chi connectivity index (χ3v) is 0.628. The van der Waals surface area contributed by atoms with Gasteiger partial charge in [-0.15, -0.1) is 0 Å². The van der Waals surface area contributed by atoms with Gasteiger partial charge in [0.25, 0.3) is 0 Å². The second-order valence-corrected chi connectivity index (χ2v) is 1.34. The SMILES string of the molecule is C[CH]CC(=O)C(=O)O. The Labute approximate surface area is 47.3 Å². The molecule has 0 aliphatic rings. The smallest absolute Gasteiger partial charge is 0.372 e. The quantitative estimate of drug-likeness (QED) is 0.536. The first-order valence-corrected chi connectivity index (χ1v) is 2.22. The van der Waals surface area contributed by atoms with Crippen LogP contribution in [-0.4, -0.2) is 16.9 Å². The van der Waals surface area contributed by atoms with Crippen LogP contribution in [0.1, 0.15) is 13.3 Å². The summed E-state index contributed by atoms with van der Waals surface area (Å²) in [6.07, 6.45) is 1.53. The van der Waals surface area contributed by atoms with Gasteiger partial charge in [-0.2, -0.15) is 0 Å². The van der Waals surface area contributed by atoms with Crippen LogP contribution < -0.4 is 0 Å². The highest BCUT2D eigenvalue weighted by Gasteiger charge is 2.07. The molecular weight excluding hydrogens is 108 g/mol. The molecule has 0 bridgehead atoms. The first-order chi connectivity index (χ1) is 3.68. The van der Waals surface area contributed by atoms with Gasteiger partial charge in [-0.3, -0.25) is 4.79 Å². The molecule has 45 valence electrons. The molecule has 0 aromatic rings. The second kappa shape index (κ2) is 3.18. The highest BCUT2D eigenvalue weighted by atomic mass is 16.4. The topological polar surface area (TPSA) is 54.4 Å². The van der Waals surface area contributed by atoms with Crippen LogP contribution in [0.25, 0.3) is 0 Å². The van der Waals surface area contributed by atoms with Crippen molar-refractivity contribution in [2.45, 2.75) is 13.3 Å². The van der Waals surface area contributed by atoms with E-state index in [1.807, 2.05) is 0 Å². The van der Waals surface area contributed by atoms with E-state index in [1.54, 1.807) is 6.92 Å². The van der Waals surface area contributed by atoms with Gasteiger partial charge in [0, 0.05) is 6.42 Å². The number of carboxylic acids is 1. The molecule has 0 unspecified atom stereocenters. The predicted molar refractivity (Wildman–Crippen MR) is 27.2 cm³/mol. The normalized spacial score (nSPS) is 8.62. The van der Waals surface area contributed by atoms with E-state index in [9.17, 15) is 9.59 Å². The maximum Gasteiger partial charge on any atom is 0.372 e. The Morgan fingerprint density at radius 1 is 1.62 bits per heavy atom. The lowest BCUT2D eigenvalue weighted by Crippen LogP contribution is -2.11. The van der Waals surface area contributed by atoms with Crippen molar-refractivity contribution in [3.05, 3.63) is 6.42 Å². The minimum Gasteiger partial charge on any atom is -0.476 e. The summed E-state index contributed by atoms with van der Waals surface area (Å²) in [7, 11) is 0. The molecule has 3 nitrogen and oxygen atoms in total. The van der Waals surface area contributed by atoms with E-state index in [0.717, 1.165) is 0 Å². The van der Waals surface area contributed by atoms with Crippen LogP contribution >= 0.6 is 0 Å². The summed E-state index contributed by atoms with van der Waals surface area (Å²) in [6, 6.07) is 0. The molecule has 0 saturated heterocycles. The van der Waals surface area contributed by atoms with Gasteiger partial charge in [0.05, 0.1) is 0 Å². The monoisotopic (exact) mass is 115 g/mol. The zero-order valence-electron chi connectivity index (χ0n) is 4.55. The summed E-state index contributed by atoms with van der Waals surface area (Å²) in [5.41, 5.74) is 0. The minimum atomic E-state index is -1.36. The van der Waals surface area contributed by atoms with Crippen molar-refractivity contribution in [1.82, 2.24) is 0 Å². The van der Waals surface area contributed by atoms with Gasteiger partial charge in [-0.1, -0.05) is 6.92 Å². The van der Waals surface area contributed by atoms with Crippen LogP contribution in [0.5, 0.6) is 0 Å². The lowest BCUT2D eigenvalue weighted by Gasteiger charge is -1.85. The van der Waals surface area contributed by atoms with Crippen molar-refractivity contribution in [2.24, 2.45) is 0 Å². The van der Waals surface area contributed by atoms with E-state index in [-0.39, 0.29) is 6.42 Å². The summed E-state index contributed by atoms with van der Waals surface area (Å²) in [5.74, 6) is -2.12. The van der Waals surface area contributed by atoms with Crippen LogP contribution in [0.2, 0.25) is 0 Å². The Kier molecular flexibility index (Phi) is 2.84. The molecule has 1 N–H and O–H groups in total. The molecule has 0 aromatic carbocycles. The molecule has 0 heterocycles. The summed E-state index contributed by atoms with van der Waals surface area (Å²) in [4.78, 5) is 19.8. The number of carbonyl (C=O) groups is 2. The van der Waals surface area contributed by atoms with Crippen molar-refractivity contribution in [3.8, 4) is 0 Å². The zero-order valence-corrected chi connectivity index (χ0v) is 4.55. The van der Waals surface area contributed by atoms with Crippen LogP contribution in [-0.2, 0) is 9.59 Å². The number of rotatable bonds is 3. The Morgan fingerprint density at radius 2 is 2.12 bits per heavy atom. The first-order valence-electron chi connectivity index (χ1n) is 2.22. The molecule has 3 heteroatoms. The molecule has 0 fully saturated rings. The number of aliphatic carboxylic acids is 1. The van der Waals surface area contributed by atoms with Crippen molar-refractivity contribution in [2.75, 3.05) is 0 Å². The maximum absolute atomic E-state index is 10.1. The fourth-order valence-corrected chi connectivity index (χ4v) is 0.273. The fourth-order valence-electron chi connectivity index (χ4n) is 0.273. The van der Waals surface area contributed by atoms with Crippen molar-refractivity contribution < 1.29 is 14.7 Å². The van der Waals surface area contributed by atoms with Gasteiger partial charge >= 0.3 is 5.97 Å². The molecule has 0 aliphatic carbocycles. The third kappa shape index (κ3) is 2.34. The number of carboxylic acid groups (broad SMARTS) is 1. The molecule has 0 amide bonds. The highest BCUT2D eigenvalue weighted by Crippen LogP contribution is 1.85. The van der Waals surface area contributed by atoms with E-state index in [2.05, 4.69) is 0 Å². The molecule has 8 heavy (non-hydrogen) atoms. The van der Waals surface area contributed by atoms with Gasteiger partial charge in [0.1, 0.15) is 0 Å². The summed E-state index contributed by atoms with van der Waals surface area (Å²) >= 11 is 0. The van der Waals surface area contributed by atoms with E-state index in [4.69, 9.17) is 5.11 Å². The summed E-state index contributed by atoms with van der Waals surface area (Å²) < 4.78 is 0.